The van der Waals surface area contributed by atoms with Crippen LogP contribution in [0.4, 0.5) is 0 Å². The Kier molecular flexibility index (Phi) is 9.27. The fraction of sp³-hybridized carbons (Fsp3) is 0.533. The van der Waals surface area contributed by atoms with Crippen LogP contribution in [0.3, 0.4) is 0 Å². The van der Waals surface area contributed by atoms with Crippen molar-refractivity contribution in [3.8, 4) is 0 Å². The minimum Gasteiger partial charge on any atom is -0.351 e. The smallest absolute Gasteiger partial charge is 0.251 e. The first-order valence-corrected chi connectivity index (χ1v) is 6.74. The van der Waals surface area contributed by atoms with Crippen LogP contribution in [0, 0.1) is 0 Å². The number of hydrogen-bond acceptors (Lipinski definition) is 2. The molecule has 0 atom stereocenters. The molecule has 0 bridgehead atoms. The van der Waals surface area contributed by atoms with Crippen LogP contribution in [0.15, 0.2) is 24.3 Å². The summed E-state index contributed by atoms with van der Waals surface area (Å²) in [6.07, 6.45) is 1.12. The maximum Gasteiger partial charge on any atom is 0.251 e. The molecule has 2 N–H and O–H groups in total. The fourth-order valence-corrected chi connectivity index (χ4v) is 1.69. The summed E-state index contributed by atoms with van der Waals surface area (Å²) in [5, 5.41) is 6.16. The van der Waals surface area contributed by atoms with Crippen LogP contribution < -0.4 is 10.6 Å². The number of nitrogens with one attached hydrogen (secondary N) is 2. The normalized spacial score (nSPS) is 10.1. The van der Waals surface area contributed by atoms with Crippen LogP contribution in [-0.4, -0.2) is 25.5 Å². The molecule has 0 aliphatic rings. The predicted octanol–water partition coefficient (Wildman–Crippen LogP) is 2.96. The highest BCUT2D eigenvalue weighted by Crippen LogP contribution is 2.14. The number of rotatable bonds is 7. The van der Waals surface area contributed by atoms with Gasteiger partial charge in [0.25, 0.3) is 5.91 Å². The van der Waals surface area contributed by atoms with Crippen molar-refractivity contribution >= 4 is 18.3 Å². The van der Waals surface area contributed by atoms with Crippen molar-refractivity contribution in [2.75, 3.05) is 19.6 Å². The molecule has 0 fully saturated rings. The molecule has 0 spiro atoms. The van der Waals surface area contributed by atoms with Crippen LogP contribution in [0.2, 0.25) is 0 Å². The number of carbonyl (C=O) groups is 1. The van der Waals surface area contributed by atoms with E-state index in [1.165, 1.54) is 5.56 Å². The third-order valence-corrected chi connectivity index (χ3v) is 2.85. The summed E-state index contributed by atoms with van der Waals surface area (Å²) in [5.41, 5.74) is 1.99. The molecule has 0 saturated carbocycles. The fourth-order valence-electron chi connectivity index (χ4n) is 1.69. The zero-order valence-electron chi connectivity index (χ0n) is 12.0. The quantitative estimate of drug-likeness (QED) is 0.756. The maximum absolute atomic E-state index is 11.8. The lowest BCUT2D eigenvalue weighted by molar-refractivity contribution is 0.0954. The monoisotopic (exact) mass is 284 g/mol. The average molecular weight is 285 g/mol. The van der Waals surface area contributed by atoms with Gasteiger partial charge in [-0.1, -0.05) is 32.9 Å². The first kappa shape index (κ1) is 17.9. The molecule has 0 aromatic heterocycles. The van der Waals surface area contributed by atoms with Gasteiger partial charge < -0.3 is 10.6 Å². The maximum atomic E-state index is 11.8. The predicted molar refractivity (Wildman–Crippen MR) is 83.3 cm³/mol. The molecule has 1 rings (SSSR count). The Labute approximate surface area is 122 Å². The molecule has 0 aliphatic carbocycles. The Hall–Kier alpha value is -1.06. The molecule has 0 saturated heterocycles. The Bertz CT molecular complexity index is 363. The molecule has 1 amide bonds. The molecule has 3 nitrogen and oxygen atoms in total. The van der Waals surface area contributed by atoms with E-state index < -0.39 is 0 Å². The highest BCUT2D eigenvalue weighted by atomic mass is 35.5. The lowest BCUT2D eigenvalue weighted by Gasteiger charge is -2.08. The van der Waals surface area contributed by atoms with Gasteiger partial charge in [-0.3, -0.25) is 4.79 Å². The Morgan fingerprint density at radius 2 is 1.74 bits per heavy atom. The minimum absolute atomic E-state index is 0. The van der Waals surface area contributed by atoms with E-state index in [-0.39, 0.29) is 18.3 Å². The summed E-state index contributed by atoms with van der Waals surface area (Å²) < 4.78 is 0. The largest absolute Gasteiger partial charge is 0.351 e. The van der Waals surface area contributed by atoms with E-state index in [1.54, 1.807) is 0 Å². The molecule has 1 aromatic carbocycles. The molecule has 4 heteroatoms. The molecule has 19 heavy (non-hydrogen) atoms. The van der Waals surface area contributed by atoms with Crippen LogP contribution in [0.5, 0.6) is 0 Å². The van der Waals surface area contributed by atoms with Gasteiger partial charge in [-0.05, 0) is 36.6 Å². The topological polar surface area (TPSA) is 41.1 Å². The standard InChI is InChI=1S/C15H24N2O.ClH/c1-4-9-16-10-11-17-15(18)14-7-5-13(6-8-14)12(2)3;/h5-8,12,16H,4,9-11H2,1-3H3,(H,17,18);1H. The van der Waals surface area contributed by atoms with E-state index in [0.29, 0.717) is 12.5 Å². The zero-order chi connectivity index (χ0) is 13.4. The molecule has 0 heterocycles. The van der Waals surface area contributed by atoms with Crippen LogP contribution in [0.1, 0.15) is 49.0 Å². The molecule has 0 aliphatic heterocycles. The van der Waals surface area contributed by atoms with E-state index in [2.05, 4.69) is 31.4 Å². The summed E-state index contributed by atoms with van der Waals surface area (Å²) >= 11 is 0. The van der Waals surface area contributed by atoms with Gasteiger partial charge in [-0.25, -0.2) is 0 Å². The van der Waals surface area contributed by atoms with Gasteiger partial charge in [0.15, 0.2) is 0 Å². The Morgan fingerprint density at radius 3 is 2.26 bits per heavy atom. The Morgan fingerprint density at radius 1 is 1.11 bits per heavy atom. The first-order valence-electron chi connectivity index (χ1n) is 6.74. The molecule has 0 unspecified atom stereocenters. The number of amides is 1. The van der Waals surface area contributed by atoms with Gasteiger partial charge in [0, 0.05) is 18.7 Å². The van der Waals surface area contributed by atoms with Crippen LogP contribution in [0.25, 0.3) is 0 Å². The third-order valence-electron chi connectivity index (χ3n) is 2.85. The molecule has 1 aromatic rings. The van der Waals surface area contributed by atoms with E-state index in [9.17, 15) is 4.79 Å². The Balaban J connectivity index is 0.00000324. The third kappa shape index (κ3) is 6.60. The molecular weight excluding hydrogens is 260 g/mol. The number of hydrogen-bond donors (Lipinski definition) is 2. The molecule has 108 valence electrons. The van der Waals surface area contributed by atoms with Crippen molar-refractivity contribution in [2.24, 2.45) is 0 Å². The first-order chi connectivity index (χ1) is 8.65. The number of carbonyl (C=O) groups excluding carboxylic acids is 1. The van der Waals surface area contributed by atoms with E-state index in [4.69, 9.17) is 0 Å². The second-order valence-electron chi connectivity index (χ2n) is 4.78. The minimum atomic E-state index is 0. The van der Waals surface area contributed by atoms with Gasteiger partial charge in [-0.2, -0.15) is 0 Å². The van der Waals surface area contributed by atoms with E-state index in [1.807, 2.05) is 24.3 Å². The van der Waals surface area contributed by atoms with Crippen molar-refractivity contribution in [3.05, 3.63) is 35.4 Å². The SMILES string of the molecule is CCCNCCNC(=O)c1ccc(C(C)C)cc1.Cl. The van der Waals surface area contributed by atoms with Gasteiger partial charge in [-0.15, -0.1) is 12.4 Å². The zero-order valence-corrected chi connectivity index (χ0v) is 12.8. The van der Waals surface area contributed by atoms with E-state index >= 15 is 0 Å². The summed E-state index contributed by atoms with van der Waals surface area (Å²) in [7, 11) is 0. The van der Waals surface area contributed by atoms with Crippen molar-refractivity contribution in [1.82, 2.24) is 10.6 Å². The second kappa shape index (κ2) is 9.82. The number of halogens is 1. The lowest BCUT2D eigenvalue weighted by Crippen LogP contribution is -2.32. The van der Waals surface area contributed by atoms with Crippen LogP contribution >= 0.6 is 12.4 Å². The van der Waals surface area contributed by atoms with Crippen LogP contribution in [-0.2, 0) is 0 Å². The second-order valence-corrected chi connectivity index (χ2v) is 4.78. The highest BCUT2D eigenvalue weighted by molar-refractivity contribution is 5.94. The molecule has 0 radical (unpaired) electrons. The van der Waals surface area contributed by atoms with Gasteiger partial charge in [0.05, 0.1) is 0 Å². The summed E-state index contributed by atoms with van der Waals surface area (Å²) in [5.74, 6) is 0.504. The number of benzene rings is 1. The van der Waals surface area contributed by atoms with Gasteiger partial charge >= 0.3 is 0 Å². The summed E-state index contributed by atoms with van der Waals surface area (Å²) in [6, 6.07) is 7.83. The summed E-state index contributed by atoms with van der Waals surface area (Å²) in [6.45, 7) is 8.91. The molecular formula is C15H25ClN2O. The highest BCUT2D eigenvalue weighted by Gasteiger charge is 2.05. The van der Waals surface area contributed by atoms with Crippen molar-refractivity contribution in [2.45, 2.75) is 33.1 Å². The van der Waals surface area contributed by atoms with Gasteiger partial charge in [0.2, 0.25) is 0 Å². The van der Waals surface area contributed by atoms with E-state index in [0.717, 1.165) is 25.1 Å². The lowest BCUT2D eigenvalue weighted by atomic mass is 10.0. The van der Waals surface area contributed by atoms with Gasteiger partial charge in [0.1, 0.15) is 0 Å². The summed E-state index contributed by atoms with van der Waals surface area (Å²) in [4.78, 5) is 11.8. The van der Waals surface area contributed by atoms with Crippen molar-refractivity contribution < 1.29 is 4.79 Å². The van der Waals surface area contributed by atoms with Crippen molar-refractivity contribution in [3.63, 3.8) is 0 Å². The average Bonchev–Trinajstić information content (AvgIpc) is 2.38. The van der Waals surface area contributed by atoms with Crippen molar-refractivity contribution in [1.29, 1.82) is 0 Å².